The molecule has 0 aliphatic heterocycles. The Labute approximate surface area is 107 Å². The first-order valence-electron chi connectivity index (χ1n) is 6.37. The Kier molecular flexibility index (Phi) is 4.33. The molecule has 0 saturated heterocycles. The molecule has 1 fully saturated rings. The number of nitrogens with one attached hydrogen (secondary N) is 2. The van der Waals surface area contributed by atoms with Crippen LogP contribution in [0, 0.1) is 0 Å². The molecule has 4 N–H and O–H groups in total. The molecule has 0 spiro atoms. The van der Waals surface area contributed by atoms with Gasteiger partial charge in [0.15, 0.2) is 0 Å². The summed E-state index contributed by atoms with van der Waals surface area (Å²) < 4.78 is 5.17. The monoisotopic (exact) mass is 251 g/mol. The molecule has 1 unspecified atom stereocenters. The molecular weight excluding hydrogens is 230 g/mol. The van der Waals surface area contributed by atoms with E-state index in [9.17, 15) is 0 Å². The summed E-state index contributed by atoms with van der Waals surface area (Å²) >= 11 is 0. The molecule has 1 saturated carbocycles. The number of hydrogen-bond donors (Lipinski definition) is 3. The fourth-order valence-corrected chi connectivity index (χ4v) is 1.81. The quantitative estimate of drug-likeness (QED) is 0.503. The van der Waals surface area contributed by atoms with Gasteiger partial charge in [-0.05, 0) is 19.3 Å². The van der Waals surface area contributed by atoms with Crippen molar-refractivity contribution in [2.45, 2.75) is 38.1 Å². The molecule has 0 radical (unpaired) electrons. The second-order valence-corrected chi connectivity index (χ2v) is 4.62. The van der Waals surface area contributed by atoms with E-state index in [2.05, 4.69) is 27.6 Å². The molecule has 6 nitrogen and oxygen atoms in total. The van der Waals surface area contributed by atoms with Gasteiger partial charge in [-0.1, -0.05) is 6.92 Å². The number of aromatic nitrogens is 2. The molecule has 2 rings (SSSR count). The fraction of sp³-hybridized carbons (Fsp3) is 0.667. The number of ether oxygens (including phenoxy) is 1. The normalized spacial score (nSPS) is 16.4. The minimum absolute atomic E-state index is 0.252. The lowest BCUT2D eigenvalue weighted by atomic mass is 10.2. The SMILES string of the molecule is CCC(COC)Nc1cc(NN)nc(C2CC2)n1. The number of hydrogen-bond acceptors (Lipinski definition) is 6. The zero-order valence-corrected chi connectivity index (χ0v) is 10.9. The van der Waals surface area contributed by atoms with Gasteiger partial charge in [0.1, 0.15) is 17.5 Å². The van der Waals surface area contributed by atoms with Crippen LogP contribution in [0.3, 0.4) is 0 Å². The molecule has 0 bridgehead atoms. The van der Waals surface area contributed by atoms with Crippen molar-refractivity contribution in [3.63, 3.8) is 0 Å². The fourth-order valence-electron chi connectivity index (χ4n) is 1.81. The van der Waals surface area contributed by atoms with Gasteiger partial charge in [0.05, 0.1) is 12.6 Å². The molecule has 0 aromatic carbocycles. The first-order valence-corrected chi connectivity index (χ1v) is 6.37. The smallest absolute Gasteiger partial charge is 0.145 e. The highest BCUT2D eigenvalue weighted by atomic mass is 16.5. The van der Waals surface area contributed by atoms with Crippen LogP contribution in [0.25, 0.3) is 0 Å². The summed E-state index contributed by atoms with van der Waals surface area (Å²) in [6.07, 6.45) is 3.31. The van der Waals surface area contributed by atoms with E-state index in [1.807, 2.05) is 6.07 Å². The number of methoxy groups -OCH3 is 1. The summed E-state index contributed by atoms with van der Waals surface area (Å²) in [7, 11) is 1.70. The van der Waals surface area contributed by atoms with Crippen molar-refractivity contribution >= 4 is 11.6 Å². The van der Waals surface area contributed by atoms with Crippen LogP contribution in [0.15, 0.2) is 6.07 Å². The van der Waals surface area contributed by atoms with E-state index in [1.54, 1.807) is 7.11 Å². The third-order valence-corrected chi connectivity index (χ3v) is 3.05. The van der Waals surface area contributed by atoms with Gasteiger partial charge in [-0.3, -0.25) is 0 Å². The summed E-state index contributed by atoms with van der Waals surface area (Å²) in [4.78, 5) is 8.91. The zero-order chi connectivity index (χ0) is 13.0. The maximum Gasteiger partial charge on any atom is 0.145 e. The van der Waals surface area contributed by atoms with Crippen LogP contribution in [0.5, 0.6) is 0 Å². The van der Waals surface area contributed by atoms with Crippen LogP contribution in [0.2, 0.25) is 0 Å². The van der Waals surface area contributed by atoms with Crippen LogP contribution in [0.4, 0.5) is 11.6 Å². The summed E-state index contributed by atoms with van der Waals surface area (Å²) in [5.74, 6) is 8.28. The van der Waals surface area contributed by atoms with Crippen molar-refractivity contribution in [2.75, 3.05) is 24.5 Å². The number of rotatable bonds is 7. The summed E-state index contributed by atoms with van der Waals surface area (Å²) in [5.41, 5.74) is 2.59. The van der Waals surface area contributed by atoms with Crippen molar-refractivity contribution in [3.05, 3.63) is 11.9 Å². The van der Waals surface area contributed by atoms with Gasteiger partial charge in [-0.25, -0.2) is 15.8 Å². The zero-order valence-electron chi connectivity index (χ0n) is 10.9. The molecule has 18 heavy (non-hydrogen) atoms. The molecule has 6 heteroatoms. The Hall–Kier alpha value is -1.40. The van der Waals surface area contributed by atoms with Gasteiger partial charge in [-0.2, -0.15) is 0 Å². The van der Waals surface area contributed by atoms with Gasteiger partial charge >= 0.3 is 0 Å². The van der Waals surface area contributed by atoms with Crippen LogP contribution < -0.4 is 16.6 Å². The Morgan fingerprint density at radius 3 is 2.72 bits per heavy atom. The maximum atomic E-state index is 5.44. The van der Waals surface area contributed by atoms with Crippen molar-refractivity contribution in [3.8, 4) is 0 Å². The molecule has 1 aromatic heterocycles. The number of nitrogens with two attached hydrogens (primary N) is 1. The van der Waals surface area contributed by atoms with E-state index < -0.39 is 0 Å². The second kappa shape index (κ2) is 5.97. The average molecular weight is 251 g/mol. The molecule has 1 heterocycles. The van der Waals surface area contributed by atoms with Crippen molar-refractivity contribution < 1.29 is 4.74 Å². The Balaban J connectivity index is 2.12. The van der Waals surface area contributed by atoms with Gasteiger partial charge < -0.3 is 15.5 Å². The van der Waals surface area contributed by atoms with Crippen LogP contribution in [-0.2, 0) is 4.74 Å². The lowest BCUT2D eigenvalue weighted by Gasteiger charge is -2.17. The van der Waals surface area contributed by atoms with Gasteiger partial charge in [-0.15, -0.1) is 0 Å². The summed E-state index contributed by atoms with van der Waals surface area (Å²) in [6.45, 7) is 2.77. The standard InChI is InChI=1S/C12H21N5O/c1-3-9(7-18-2)14-10-6-11(17-13)16-12(15-10)8-4-5-8/h6,8-9H,3-5,7,13H2,1-2H3,(H2,14,15,16,17). The third-order valence-electron chi connectivity index (χ3n) is 3.05. The summed E-state index contributed by atoms with van der Waals surface area (Å²) in [5, 5.41) is 3.36. The third kappa shape index (κ3) is 3.30. The van der Waals surface area contributed by atoms with Gasteiger partial charge in [0.2, 0.25) is 0 Å². The molecule has 1 aliphatic rings. The van der Waals surface area contributed by atoms with E-state index in [0.717, 1.165) is 18.1 Å². The van der Waals surface area contributed by atoms with E-state index in [1.165, 1.54) is 12.8 Å². The van der Waals surface area contributed by atoms with Gasteiger partial charge in [0, 0.05) is 19.1 Å². The lowest BCUT2D eigenvalue weighted by Crippen LogP contribution is -2.25. The molecule has 1 atom stereocenters. The van der Waals surface area contributed by atoms with Crippen LogP contribution >= 0.6 is 0 Å². The number of hydrazine groups is 1. The highest BCUT2D eigenvalue weighted by Crippen LogP contribution is 2.38. The minimum Gasteiger partial charge on any atom is -0.383 e. The largest absolute Gasteiger partial charge is 0.383 e. The Morgan fingerprint density at radius 2 is 2.17 bits per heavy atom. The van der Waals surface area contributed by atoms with E-state index in [4.69, 9.17) is 10.6 Å². The van der Waals surface area contributed by atoms with Crippen molar-refractivity contribution in [2.24, 2.45) is 5.84 Å². The molecular formula is C12H21N5O. The Morgan fingerprint density at radius 1 is 1.44 bits per heavy atom. The highest BCUT2D eigenvalue weighted by molar-refractivity contribution is 5.48. The predicted molar refractivity (Wildman–Crippen MR) is 71.4 cm³/mol. The number of nitrogens with zero attached hydrogens (tertiary/aromatic N) is 2. The topological polar surface area (TPSA) is 85.1 Å². The average Bonchev–Trinajstić information content (AvgIpc) is 3.22. The lowest BCUT2D eigenvalue weighted by molar-refractivity contribution is 0.184. The predicted octanol–water partition coefficient (Wildman–Crippen LogP) is 1.48. The van der Waals surface area contributed by atoms with Crippen LogP contribution in [0.1, 0.15) is 37.9 Å². The second-order valence-electron chi connectivity index (χ2n) is 4.62. The highest BCUT2D eigenvalue weighted by Gasteiger charge is 2.27. The molecule has 100 valence electrons. The van der Waals surface area contributed by atoms with Crippen molar-refractivity contribution in [1.29, 1.82) is 0 Å². The van der Waals surface area contributed by atoms with E-state index in [-0.39, 0.29) is 6.04 Å². The van der Waals surface area contributed by atoms with Gasteiger partial charge in [0.25, 0.3) is 0 Å². The minimum atomic E-state index is 0.252. The summed E-state index contributed by atoms with van der Waals surface area (Å²) in [6, 6.07) is 2.08. The number of nitrogen functional groups attached to an aromatic ring is 1. The van der Waals surface area contributed by atoms with Crippen LogP contribution in [-0.4, -0.2) is 29.7 Å². The Bertz CT molecular complexity index is 394. The first-order chi connectivity index (χ1) is 8.76. The van der Waals surface area contributed by atoms with E-state index in [0.29, 0.717) is 18.3 Å². The maximum absolute atomic E-state index is 5.44. The van der Waals surface area contributed by atoms with Crippen molar-refractivity contribution in [1.82, 2.24) is 9.97 Å². The van der Waals surface area contributed by atoms with E-state index >= 15 is 0 Å². The first kappa shape index (κ1) is 13.0. The number of anilines is 2. The molecule has 0 amide bonds. The molecule has 1 aromatic rings. The molecule has 1 aliphatic carbocycles.